The highest BCUT2D eigenvalue weighted by Crippen LogP contribution is 2.15. The van der Waals surface area contributed by atoms with Crippen molar-refractivity contribution in [3.63, 3.8) is 0 Å². The van der Waals surface area contributed by atoms with Crippen LogP contribution in [0.4, 0.5) is 0 Å². The molecule has 2 aromatic rings. The van der Waals surface area contributed by atoms with E-state index in [4.69, 9.17) is 0 Å². The lowest BCUT2D eigenvalue weighted by atomic mass is 10.1. The molecule has 0 unspecified atom stereocenters. The van der Waals surface area contributed by atoms with Crippen LogP contribution in [0.15, 0.2) is 40.2 Å². The van der Waals surface area contributed by atoms with Crippen LogP contribution in [-0.4, -0.2) is 9.13 Å². The number of rotatable bonds is 2. The molecule has 4 heteroatoms. The second-order valence-corrected chi connectivity index (χ2v) is 4.55. The number of aryl methyl sites for hydroxylation is 1. The molecule has 20 heavy (non-hydrogen) atoms. The average Bonchev–Trinajstić information content (AvgIpc) is 2.44. The van der Waals surface area contributed by atoms with Crippen molar-refractivity contribution in [1.82, 2.24) is 9.13 Å². The fourth-order valence-electron chi connectivity index (χ4n) is 1.98. The van der Waals surface area contributed by atoms with E-state index in [1.807, 2.05) is 32.0 Å². The Balaban J connectivity index is 2.62. The molecule has 2 rings (SSSR count). The second kappa shape index (κ2) is 5.62. The second-order valence-electron chi connectivity index (χ2n) is 4.55. The van der Waals surface area contributed by atoms with Crippen molar-refractivity contribution in [2.24, 2.45) is 0 Å². The lowest BCUT2D eigenvalue weighted by molar-refractivity contribution is 0.743. The van der Waals surface area contributed by atoms with Crippen LogP contribution >= 0.6 is 0 Å². The van der Waals surface area contributed by atoms with Crippen molar-refractivity contribution < 1.29 is 0 Å². The van der Waals surface area contributed by atoms with E-state index < -0.39 is 11.1 Å². The molecule has 0 aliphatic carbocycles. The van der Waals surface area contributed by atoms with Crippen molar-refractivity contribution in [2.45, 2.75) is 27.3 Å². The summed E-state index contributed by atoms with van der Waals surface area (Å²) in [5.74, 6) is 5.48. The lowest BCUT2D eigenvalue weighted by Crippen LogP contribution is -2.40. The van der Waals surface area contributed by atoms with E-state index in [9.17, 15) is 9.59 Å². The quantitative estimate of drug-likeness (QED) is 0.614. The summed E-state index contributed by atoms with van der Waals surface area (Å²) in [7, 11) is 0. The van der Waals surface area contributed by atoms with Crippen molar-refractivity contribution in [1.29, 1.82) is 0 Å². The maximum absolute atomic E-state index is 12.2. The minimum Gasteiger partial charge on any atom is -0.298 e. The van der Waals surface area contributed by atoms with Crippen molar-refractivity contribution >= 4 is 0 Å². The zero-order chi connectivity index (χ0) is 14.7. The van der Waals surface area contributed by atoms with E-state index >= 15 is 0 Å². The van der Waals surface area contributed by atoms with Crippen LogP contribution < -0.4 is 11.1 Å². The Morgan fingerprint density at radius 3 is 2.55 bits per heavy atom. The van der Waals surface area contributed by atoms with Gasteiger partial charge in [-0.3, -0.25) is 18.7 Å². The fraction of sp³-hybridized carbons (Fsp3) is 0.250. The fourth-order valence-corrected chi connectivity index (χ4v) is 1.98. The van der Waals surface area contributed by atoms with Gasteiger partial charge >= 0.3 is 11.1 Å². The summed E-state index contributed by atoms with van der Waals surface area (Å²) in [5.41, 5.74) is 1.69. The van der Waals surface area contributed by atoms with Crippen LogP contribution in [0.3, 0.4) is 0 Å². The lowest BCUT2D eigenvalue weighted by Gasteiger charge is -2.11. The third-order valence-corrected chi connectivity index (χ3v) is 3.32. The molecule has 0 aliphatic heterocycles. The van der Waals surface area contributed by atoms with E-state index in [2.05, 4.69) is 11.8 Å². The Kier molecular flexibility index (Phi) is 3.90. The van der Waals surface area contributed by atoms with Crippen molar-refractivity contribution in [3.8, 4) is 17.5 Å². The zero-order valence-corrected chi connectivity index (χ0v) is 11.8. The van der Waals surface area contributed by atoms with Crippen LogP contribution in [0.2, 0.25) is 0 Å². The molecular formula is C16H16N2O2. The Morgan fingerprint density at radius 1 is 1.10 bits per heavy atom. The first-order chi connectivity index (χ1) is 9.56. The van der Waals surface area contributed by atoms with Crippen LogP contribution in [0.5, 0.6) is 0 Å². The molecule has 102 valence electrons. The third-order valence-electron chi connectivity index (χ3n) is 3.32. The van der Waals surface area contributed by atoms with Crippen LogP contribution in [0, 0.1) is 25.7 Å². The average molecular weight is 268 g/mol. The molecular weight excluding hydrogens is 252 g/mol. The minimum absolute atomic E-state index is 0.234. The van der Waals surface area contributed by atoms with Crippen molar-refractivity contribution in [2.75, 3.05) is 0 Å². The van der Waals surface area contributed by atoms with Crippen LogP contribution in [0.25, 0.3) is 5.69 Å². The van der Waals surface area contributed by atoms with Gasteiger partial charge in [0.05, 0.1) is 12.2 Å². The highest BCUT2D eigenvalue weighted by Gasteiger charge is 2.08. The molecule has 0 spiro atoms. The summed E-state index contributed by atoms with van der Waals surface area (Å²) in [4.78, 5) is 24.2. The first-order valence-electron chi connectivity index (χ1n) is 6.34. The van der Waals surface area contributed by atoms with Gasteiger partial charge in [-0.15, -0.1) is 5.92 Å². The molecule has 1 heterocycles. The van der Waals surface area contributed by atoms with Gasteiger partial charge in [0.2, 0.25) is 0 Å². The van der Waals surface area contributed by atoms with E-state index in [0.29, 0.717) is 0 Å². The monoisotopic (exact) mass is 268 g/mol. The van der Waals surface area contributed by atoms with Gasteiger partial charge < -0.3 is 0 Å². The molecule has 0 amide bonds. The summed E-state index contributed by atoms with van der Waals surface area (Å²) >= 11 is 0. The molecule has 0 atom stereocenters. The molecule has 0 bridgehead atoms. The molecule has 0 saturated heterocycles. The molecule has 0 radical (unpaired) electrons. The van der Waals surface area contributed by atoms with Gasteiger partial charge in [0.15, 0.2) is 0 Å². The summed E-state index contributed by atoms with van der Waals surface area (Å²) in [6.07, 6.45) is 3.21. The maximum atomic E-state index is 12.2. The molecule has 0 aliphatic rings. The smallest absolute Gasteiger partial charge is 0.298 e. The standard InChI is InChI=1S/C16H16N2O2/c1-4-5-9-17-10-11-18(16(20)15(17)19)14-8-6-7-12(2)13(14)3/h6-8,10-11H,9H2,1-3H3. The summed E-state index contributed by atoms with van der Waals surface area (Å²) in [6, 6.07) is 5.68. The van der Waals surface area contributed by atoms with E-state index in [1.54, 1.807) is 19.3 Å². The first kappa shape index (κ1) is 13.9. The SMILES string of the molecule is CC#CCn1ccn(-c2cccc(C)c2C)c(=O)c1=O. The largest absolute Gasteiger partial charge is 0.321 e. The Morgan fingerprint density at radius 2 is 1.85 bits per heavy atom. The normalized spacial score (nSPS) is 9.95. The van der Waals surface area contributed by atoms with Crippen molar-refractivity contribution in [3.05, 3.63) is 62.4 Å². The number of hydrogen-bond donors (Lipinski definition) is 0. The molecule has 0 saturated carbocycles. The van der Waals surface area contributed by atoms with E-state index in [0.717, 1.165) is 16.8 Å². The predicted octanol–water partition coefficient (Wildman–Crippen LogP) is 1.64. The Hall–Kier alpha value is -2.54. The van der Waals surface area contributed by atoms with E-state index in [1.165, 1.54) is 9.13 Å². The summed E-state index contributed by atoms with van der Waals surface area (Å²) < 4.78 is 2.71. The minimum atomic E-state index is -0.559. The first-order valence-corrected chi connectivity index (χ1v) is 6.34. The van der Waals surface area contributed by atoms with Gasteiger partial charge in [0, 0.05) is 12.4 Å². The third kappa shape index (κ3) is 2.43. The summed E-state index contributed by atoms with van der Waals surface area (Å²) in [6.45, 7) is 5.84. The zero-order valence-electron chi connectivity index (χ0n) is 11.8. The molecule has 0 fully saturated rings. The molecule has 4 nitrogen and oxygen atoms in total. The highest BCUT2D eigenvalue weighted by atomic mass is 16.2. The van der Waals surface area contributed by atoms with Gasteiger partial charge in [0.25, 0.3) is 0 Å². The topological polar surface area (TPSA) is 44.0 Å². The number of aromatic nitrogens is 2. The van der Waals surface area contributed by atoms with Crippen LogP contribution in [0.1, 0.15) is 18.1 Å². The van der Waals surface area contributed by atoms with Gasteiger partial charge in [0.1, 0.15) is 0 Å². The van der Waals surface area contributed by atoms with Gasteiger partial charge in [-0.05, 0) is 38.0 Å². The maximum Gasteiger partial charge on any atom is 0.321 e. The predicted molar refractivity (Wildman–Crippen MR) is 79.2 cm³/mol. The summed E-state index contributed by atoms with van der Waals surface area (Å²) in [5, 5.41) is 0. The Bertz CT molecular complexity index is 817. The number of benzene rings is 1. The number of nitrogens with zero attached hydrogens (tertiary/aromatic N) is 2. The van der Waals surface area contributed by atoms with Gasteiger partial charge in [-0.2, -0.15) is 0 Å². The van der Waals surface area contributed by atoms with E-state index in [-0.39, 0.29) is 6.54 Å². The molecule has 1 aromatic heterocycles. The Labute approximate surface area is 117 Å². The highest BCUT2D eigenvalue weighted by molar-refractivity contribution is 5.44. The van der Waals surface area contributed by atoms with Crippen LogP contribution in [-0.2, 0) is 6.54 Å². The van der Waals surface area contributed by atoms with Gasteiger partial charge in [-0.1, -0.05) is 18.1 Å². The molecule has 0 N–H and O–H groups in total. The number of hydrogen-bond acceptors (Lipinski definition) is 2. The van der Waals surface area contributed by atoms with Gasteiger partial charge in [-0.25, -0.2) is 0 Å². The molecule has 1 aromatic carbocycles.